The summed E-state index contributed by atoms with van der Waals surface area (Å²) < 4.78 is 5.67. The number of ether oxygens (including phenoxy) is 1. The van der Waals surface area contributed by atoms with Crippen molar-refractivity contribution in [2.45, 2.75) is 51.7 Å². The van der Waals surface area contributed by atoms with Gasteiger partial charge in [0.1, 0.15) is 15.7 Å². The zero-order valence-electron chi connectivity index (χ0n) is 18.4. The Morgan fingerprint density at radius 1 is 1.41 bits per heavy atom. The van der Waals surface area contributed by atoms with Crippen molar-refractivity contribution in [1.29, 1.82) is 5.26 Å². The molecule has 0 spiro atoms. The van der Waals surface area contributed by atoms with Crippen molar-refractivity contribution in [1.82, 2.24) is 15.6 Å². The molecule has 0 aliphatic carbocycles. The van der Waals surface area contributed by atoms with Gasteiger partial charge in [-0.2, -0.15) is 5.26 Å². The van der Waals surface area contributed by atoms with Crippen molar-refractivity contribution >= 4 is 45.6 Å². The van der Waals surface area contributed by atoms with Crippen molar-refractivity contribution in [3.63, 3.8) is 0 Å². The van der Waals surface area contributed by atoms with Gasteiger partial charge in [-0.05, 0) is 25.3 Å². The lowest BCUT2D eigenvalue weighted by Gasteiger charge is -2.38. The summed E-state index contributed by atoms with van der Waals surface area (Å²) in [4.78, 5) is 36.4. The number of amides is 2. The number of methoxy groups -OCH3 is 1. The van der Waals surface area contributed by atoms with Crippen LogP contribution in [-0.2, 0) is 9.53 Å². The van der Waals surface area contributed by atoms with Gasteiger partial charge in [-0.1, -0.05) is 29.9 Å². The molecule has 32 heavy (non-hydrogen) atoms. The monoisotopic (exact) mass is 478 g/mol. The molecule has 1 unspecified atom stereocenters. The van der Waals surface area contributed by atoms with Crippen LogP contribution >= 0.6 is 22.9 Å². The smallest absolute Gasteiger partial charge is 0.266 e. The van der Waals surface area contributed by atoms with Crippen LogP contribution < -0.4 is 15.5 Å². The molecule has 1 fully saturated rings. The van der Waals surface area contributed by atoms with Crippen LogP contribution in [0.4, 0.5) is 5.13 Å². The van der Waals surface area contributed by atoms with E-state index in [1.54, 1.807) is 14.0 Å². The summed E-state index contributed by atoms with van der Waals surface area (Å²) >= 11 is 7.43. The molecule has 3 heterocycles. The number of nitriles is 1. The van der Waals surface area contributed by atoms with Crippen molar-refractivity contribution < 1.29 is 14.3 Å². The molecule has 2 N–H and O–H groups in total. The maximum absolute atomic E-state index is 12.7. The summed E-state index contributed by atoms with van der Waals surface area (Å²) in [5.41, 5.74) is 2.06. The number of rotatable bonds is 8. The van der Waals surface area contributed by atoms with Crippen molar-refractivity contribution in [2.24, 2.45) is 4.99 Å². The number of allylic oxidation sites excluding steroid dienone is 1. The number of anilines is 1. The number of carbonyl (C=O) groups is 2. The number of hydrogen-bond acceptors (Lipinski definition) is 8. The Morgan fingerprint density at radius 2 is 2.19 bits per heavy atom. The Morgan fingerprint density at radius 3 is 2.84 bits per heavy atom. The van der Waals surface area contributed by atoms with Crippen LogP contribution in [0.2, 0.25) is 0 Å². The summed E-state index contributed by atoms with van der Waals surface area (Å²) in [7, 11) is 1.62. The number of carbonyl (C=O) groups excluding carboxylic acids is 2. The Balaban J connectivity index is 1.61. The Hall–Kier alpha value is -2.48. The quantitative estimate of drug-likeness (QED) is 0.437. The van der Waals surface area contributed by atoms with E-state index in [1.165, 1.54) is 11.3 Å². The van der Waals surface area contributed by atoms with Crippen LogP contribution in [0.5, 0.6) is 0 Å². The van der Waals surface area contributed by atoms with Crippen molar-refractivity contribution in [3.05, 3.63) is 21.3 Å². The average molecular weight is 479 g/mol. The summed E-state index contributed by atoms with van der Waals surface area (Å²) in [5.74, 6) is -0.434. The van der Waals surface area contributed by atoms with Crippen LogP contribution in [-0.4, -0.2) is 61.4 Å². The van der Waals surface area contributed by atoms with E-state index in [0.29, 0.717) is 53.9 Å². The topological polar surface area (TPSA) is 120 Å². The largest absolute Gasteiger partial charge is 0.377 e. The van der Waals surface area contributed by atoms with E-state index < -0.39 is 0 Å². The number of thiazole rings is 1. The fraction of sp³-hybridized carbons (Fsp3) is 0.571. The molecule has 2 aliphatic rings. The Bertz CT molecular complexity index is 983. The number of nitrogens with one attached hydrogen (secondary N) is 2. The summed E-state index contributed by atoms with van der Waals surface area (Å²) in [6, 6.07) is 1.84. The summed E-state index contributed by atoms with van der Waals surface area (Å²) in [6.45, 7) is 5.30. The molecule has 0 radical (unpaired) electrons. The molecular formula is C21H27ClN6O3S. The minimum Gasteiger partial charge on any atom is -0.377 e. The third-order valence-electron chi connectivity index (χ3n) is 5.56. The SMILES string of the molecule is CCC1=C(Cl)N=C(C(=O)NC2CCN(c3nc(C)c(C(=O)NCCC#N)s3)C[C@@H]2OC)C1. The van der Waals surface area contributed by atoms with Gasteiger partial charge < -0.3 is 20.3 Å². The number of halogens is 1. The van der Waals surface area contributed by atoms with E-state index in [2.05, 4.69) is 25.5 Å². The maximum atomic E-state index is 12.7. The molecule has 172 valence electrons. The van der Waals surface area contributed by atoms with E-state index >= 15 is 0 Å². The third-order valence-corrected chi connectivity index (χ3v) is 7.13. The summed E-state index contributed by atoms with van der Waals surface area (Å²) in [5, 5.41) is 15.6. The van der Waals surface area contributed by atoms with Crippen LogP contribution in [0.3, 0.4) is 0 Å². The lowest BCUT2D eigenvalue weighted by atomic mass is 10.0. The maximum Gasteiger partial charge on any atom is 0.266 e. The molecular weight excluding hydrogens is 452 g/mol. The first-order chi connectivity index (χ1) is 15.4. The second-order valence-electron chi connectivity index (χ2n) is 7.65. The zero-order chi connectivity index (χ0) is 23.3. The standard InChI is InChI=1S/C21H27ClN6O3S/c1-4-13-10-15(26-18(13)22)19(29)27-14-6-9-28(11-16(14)31-3)21-25-12(2)17(32-21)20(30)24-8-5-7-23/h14,16H,4-6,8-11H2,1-3H3,(H,24,30)(H,27,29)/t14?,16-/m0/s1. The highest BCUT2D eigenvalue weighted by Gasteiger charge is 2.33. The van der Waals surface area contributed by atoms with Crippen LogP contribution in [0, 0.1) is 18.3 Å². The molecule has 2 atom stereocenters. The zero-order valence-corrected chi connectivity index (χ0v) is 20.0. The number of piperidine rings is 1. The van der Waals surface area contributed by atoms with Gasteiger partial charge >= 0.3 is 0 Å². The predicted octanol–water partition coefficient (Wildman–Crippen LogP) is 2.51. The van der Waals surface area contributed by atoms with Gasteiger partial charge in [0.05, 0.1) is 30.3 Å². The van der Waals surface area contributed by atoms with E-state index in [9.17, 15) is 9.59 Å². The van der Waals surface area contributed by atoms with Gasteiger partial charge in [-0.3, -0.25) is 9.59 Å². The van der Waals surface area contributed by atoms with Crippen molar-refractivity contribution in [2.75, 3.05) is 31.6 Å². The molecule has 2 amide bonds. The van der Waals surface area contributed by atoms with E-state index in [4.69, 9.17) is 21.6 Å². The molecule has 1 aromatic heterocycles. The van der Waals surface area contributed by atoms with Gasteiger partial charge in [0.25, 0.3) is 11.8 Å². The highest BCUT2D eigenvalue weighted by atomic mass is 35.5. The molecule has 0 aromatic carbocycles. The average Bonchev–Trinajstić information content (AvgIpc) is 3.36. The summed E-state index contributed by atoms with van der Waals surface area (Å²) in [6.07, 6.45) is 1.95. The molecule has 0 bridgehead atoms. The van der Waals surface area contributed by atoms with Gasteiger partial charge in [0.15, 0.2) is 5.13 Å². The molecule has 1 aromatic rings. The number of nitrogens with zero attached hydrogens (tertiary/aromatic N) is 4. The number of aromatic nitrogens is 1. The fourth-order valence-electron chi connectivity index (χ4n) is 3.70. The highest BCUT2D eigenvalue weighted by Crippen LogP contribution is 2.29. The lowest BCUT2D eigenvalue weighted by Crippen LogP contribution is -2.55. The first-order valence-corrected chi connectivity index (χ1v) is 11.7. The van der Waals surface area contributed by atoms with E-state index in [-0.39, 0.29) is 30.4 Å². The minimum absolute atomic E-state index is 0.161. The number of hydrogen-bond donors (Lipinski definition) is 2. The van der Waals surface area contributed by atoms with Gasteiger partial charge in [0, 0.05) is 33.2 Å². The molecule has 1 saturated heterocycles. The fourth-order valence-corrected chi connectivity index (χ4v) is 5.02. The minimum atomic E-state index is -0.235. The van der Waals surface area contributed by atoms with Crippen LogP contribution in [0.1, 0.15) is 48.0 Å². The van der Waals surface area contributed by atoms with Crippen molar-refractivity contribution in [3.8, 4) is 6.07 Å². The molecule has 3 rings (SSSR count). The van der Waals surface area contributed by atoms with Crippen LogP contribution in [0.25, 0.3) is 0 Å². The second kappa shape index (κ2) is 10.9. The first kappa shape index (κ1) is 24.2. The highest BCUT2D eigenvalue weighted by molar-refractivity contribution is 7.17. The Labute approximate surface area is 196 Å². The molecule has 0 saturated carbocycles. The number of aliphatic imine (C=N–C) groups is 1. The second-order valence-corrected chi connectivity index (χ2v) is 8.98. The van der Waals surface area contributed by atoms with Gasteiger partial charge in [0.2, 0.25) is 0 Å². The van der Waals surface area contributed by atoms with E-state index in [0.717, 1.165) is 17.1 Å². The van der Waals surface area contributed by atoms with Gasteiger partial charge in [-0.25, -0.2) is 9.98 Å². The van der Waals surface area contributed by atoms with Crippen LogP contribution in [0.15, 0.2) is 15.7 Å². The van der Waals surface area contributed by atoms with E-state index in [1.807, 2.05) is 13.0 Å². The Kier molecular flexibility index (Phi) is 8.23. The normalized spacial score (nSPS) is 20.7. The molecule has 2 aliphatic heterocycles. The van der Waals surface area contributed by atoms with Gasteiger partial charge in [-0.15, -0.1) is 0 Å². The third kappa shape index (κ3) is 5.46. The lowest BCUT2D eigenvalue weighted by molar-refractivity contribution is -0.116. The molecule has 9 nitrogen and oxygen atoms in total. The first-order valence-electron chi connectivity index (χ1n) is 10.5. The molecule has 11 heteroatoms. The predicted molar refractivity (Wildman–Crippen MR) is 124 cm³/mol. The number of aryl methyl sites for hydroxylation is 1.